The molecule has 4 unspecified atom stereocenters. The normalized spacial score (nSPS) is 44.0. The van der Waals surface area contributed by atoms with E-state index in [1.54, 1.807) is 0 Å². The second-order valence-electron chi connectivity index (χ2n) is 6.63. The van der Waals surface area contributed by atoms with Crippen molar-refractivity contribution in [2.75, 3.05) is 0 Å². The number of hydrogen-bond acceptors (Lipinski definition) is 2. The summed E-state index contributed by atoms with van der Waals surface area (Å²) in [6.07, 6.45) is 9.18. The van der Waals surface area contributed by atoms with Crippen molar-refractivity contribution in [3.63, 3.8) is 0 Å². The molecule has 110 valence electrons. The molecule has 0 amide bonds. The van der Waals surface area contributed by atoms with Crippen LogP contribution in [0.4, 0.5) is 0 Å². The van der Waals surface area contributed by atoms with Crippen LogP contribution in [0.1, 0.15) is 51.9 Å². The number of fused-ring (bicyclic) bond motifs is 1. The lowest BCUT2D eigenvalue weighted by Crippen LogP contribution is -2.32. The summed E-state index contributed by atoms with van der Waals surface area (Å²) in [7, 11) is 0. The van der Waals surface area contributed by atoms with E-state index in [1.165, 1.54) is 43.3 Å². The largest absolute Gasteiger partial charge is 0.388 e. The fourth-order valence-electron chi connectivity index (χ4n) is 4.59. The predicted molar refractivity (Wildman–Crippen MR) is 81.2 cm³/mol. The van der Waals surface area contributed by atoms with E-state index in [2.05, 4.69) is 6.58 Å². The van der Waals surface area contributed by atoms with Crippen LogP contribution in [-0.4, -0.2) is 22.4 Å². The summed E-state index contributed by atoms with van der Waals surface area (Å²) in [6.45, 7) is 5.84. The highest BCUT2D eigenvalue weighted by atomic mass is 16.3. The third-order valence-corrected chi connectivity index (χ3v) is 5.65. The van der Waals surface area contributed by atoms with Gasteiger partial charge in [-0.2, -0.15) is 0 Å². The minimum absolute atomic E-state index is 0.557. The highest BCUT2D eigenvalue weighted by Crippen LogP contribution is 2.49. The van der Waals surface area contributed by atoms with Crippen molar-refractivity contribution in [2.24, 2.45) is 11.8 Å². The molecule has 0 spiro atoms. The van der Waals surface area contributed by atoms with Gasteiger partial charge >= 0.3 is 0 Å². The molecule has 3 aliphatic rings. The summed E-state index contributed by atoms with van der Waals surface area (Å²) in [4.78, 5) is 0. The third-order valence-electron chi connectivity index (χ3n) is 5.65. The van der Waals surface area contributed by atoms with Crippen LogP contribution in [-0.2, 0) is 0 Å². The molecule has 2 nitrogen and oxygen atoms in total. The Hall–Kier alpha value is -0.860. The molecule has 3 fully saturated rings. The van der Waals surface area contributed by atoms with E-state index in [9.17, 15) is 10.2 Å². The molecule has 0 heterocycles. The standard InChI is InChI=1S/C18H26O2/c1-3-13-16(10-17(19)11(2)18(13)20)15-9-5-7-12-6-4-8-14(12)15/h3,12,14,17-20H,2,4-10H2,1H3. The van der Waals surface area contributed by atoms with Crippen LogP contribution in [0.3, 0.4) is 0 Å². The summed E-state index contributed by atoms with van der Waals surface area (Å²) in [6, 6.07) is 0. The van der Waals surface area contributed by atoms with Crippen molar-refractivity contribution < 1.29 is 10.2 Å². The number of rotatable bonds is 0. The maximum absolute atomic E-state index is 10.4. The zero-order valence-electron chi connectivity index (χ0n) is 12.4. The SMILES string of the molecule is C=C1C(O)CC(=C2CCCC3CCCC23)C(=CC)C1O. The fraction of sp³-hybridized carbons (Fsp3) is 0.667. The Kier molecular flexibility index (Phi) is 3.87. The lowest BCUT2D eigenvalue weighted by atomic mass is 9.71. The first-order chi connectivity index (χ1) is 9.63. The molecule has 0 saturated heterocycles. The van der Waals surface area contributed by atoms with E-state index in [4.69, 9.17) is 0 Å². The first-order valence-electron chi connectivity index (χ1n) is 8.06. The van der Waals surface area contributed by atoms with Crippen molar-refractivity contribution in [2.45, 2.75) is 64.1 Å². The summed E-state index contributed by atoms with van der Waals surface area (Å²) < 4.78 is 0. The Morgan fingerprint density at radius 3 is 2.65 bits per heavy atom. The molecule has 0 radical (unpaired) electrons. The van der Waals surface area contributed by atoms with Crippen molar-refractivity contribution in [3.05, 3.63) is 34.9 Å². The average Bonchev–Trinajstić information content (AvgIpc) is 2.92. The molecule has 0 bridgehead atoms. The van der Waals surface area contributed by atoms with Crippen LogP contribution in [0.25, 0.3) is 0 Å². The maximum atomic E-state index is 10.4. The van der Waals surface area contributed by atoms with Crippen molar-refractivity contribution in [1.29, 1.82) is 0 Å². The molecular formula is C18H26O2. The smallest absolute Gasteiger partial charge is 0.102 e. The molecule has 0 aromatic rings. The highest BCUT2D eigenvalue weighted by molar-refractivity contribution is 5.48. The van der Waals surface area contributed by atoms with E-state index < -0.39 is 12.2 Å². The van der Waals surface area contributed by atoms with Crippen LogP contribution in [0, 0.1) is 11.8 Å². The number of aliphatic hydroxyl groups is 2. The van der Waals surface area contributed by atoms with Gasteiger partial charge in [-0.3, -0.25) is 0 Å². The Morgan fingerprint density at radius 1 is 1.15 bits per heavy atom. The van der Waals surface area contributed by atoms with Crippen molar-refractivity contribution in [1.82, 2.24) is 0 Å². The van der Waals surface area contributed by atoms with E-state index in [0.717, 1.165) is 17.9 Å². The fourth-order valence-corrected chi connectivity index (χ4v) is 4.59. The molecular weight excluding hydrogens is 248 g/mol. The first-order valence-corrected chi connectivity index (χ1v) is 8.06. The number of aliphatic hydroxyl groups excluding tert-OH is 2. The molecule has 0 aromatic heterocycles. The van der Waals surface area contributed by atoms with Gasteiger partial charge in [0.25, 0.3) is 0 Å². The third kappa shape index (κ3) is 2.19. The highest BCUT2D eigenvalue weighted by Gasteiger charge is 2.38. The van der Waals surface area contributed by atoms with Crippen molar-refractivity contribution in [3.8, 4) is 0 Å². The molecule has 20 heavy (non-hydrogen) atoms. The minimum Gasteiger partial charge on any atom is -0.388 e. The molecule has 4 atom stereocenters. The Labute approximate surface area is 121 Å². The van der Waals surface area contributed by atoms with E-state index in [0.29, 0.717) is 17.9 Å². The minimum atomic E-state index is -0.687. The van der Waals surface area contributed by atoms with Crippen LogP contribution in [0.2, 0.25) is 0 Å². The summed E-state index contributed by atoms with van der Waals surface area (Å²) in [5.41, 5.74) is 4.35. The first kappa shape index (κ1) is 14.1. The van der Waals surface area contributed by atoms with E-state index in [-0.39, 0.29) is 0 Å². The monoisotopic (exact) mass is 274 g/mol. The van der Waals surface area contributed by atoms with Gasteiger partial charge in [-0.15, -0.1) is 0 Å². The lowest BCUT2D eigenvalue weighted by Gasteiger charge is -2.37. The molecule has 3 aliphatic carbocycles. The van der Waals surface area contributed by atoms with Gasteiger partial charge in [0.1, 0.15) is 6.10 Å². The van der Waals surface area contributed by atoms with Gasteiger partial charge in [0, 0.05) is 6.42 Å². The van der Waals surface area contributed by atoms with Crippen LogP contribution in [0.15, 0.2) is 34.9 Å². The second kappa shape index (κ2) is 5.50. The summed E-state index contributed by atoms with van der Waals surface area (Å²) >= 11 is 0. The average molecular weight is 274 g/mol. The molecule has 2 heteroatoms. The molecule has 0 aliphatic heterocycles. The zero-order chi connectivity index (χ0) is 14.3. The van der Waals surface area contributed by atoms with Crippen LogP contribution < -0.4 is 0 Å². The quantitative estimate of drug-likeness (QED) is 0.664. The van der Waals surface area contributed by atoms with Gasteiger partial charge in [-0.05, 0) is 67.6 Å². The van der Waals surface area contributed by atoms with Gasteiger partial charge in [-0.25, -0.2) is 0 Å². The van der Waals surface area contributed by atoms with Crippen molar-refractivity contribution >= 4 is 0 Å². The Balaban J connectivity index is 2.01. The lowest BCUT2D eigenvalue weighted by molar-refractivity contribution is 0.146. The topological polar surface area (TPSA) is 40.5 Å². The van der Waals surface area contributed by atoms with Gasteiger partial charge < -0.3 is 10.2 Å². The summed E-state index contributed by atoms with van der Waals surface area (Å²) in [5.74, 6) is 1.56. The molecule has 3 rings (SSSR count). The second-order valence-corrected chi connectivity index (χ2v) is 6.63. The Bertz CT molecular complexity index is 472. The van der Waals surface area contributed by atoms with Gasteiger partial charge in [0.05, 0.1) is 6.10 Å². The van der Waals surface area contributed by atoms with E-state index >= 15 is 0 Å². The number of hydrogen-bond donors (Lipinski definition) is 2. The maximum Gasteiger partial charge on any atom is 0.102 e. The predicted octanol–water partition coefficient (Wildman–Crippen LogP) is 3.51. The van der Waals surface area contributed by atoms with Gasteiger partial charge in [-0.1, -0.05) is 24.6 Å². The molecule has 0 aromatic carbocycles. The van der Waals surface area contributed by atoms with Crippen LogP contribution >= 0.6 is 0 Å². The number of allylic oxidation sites excluding steroid dienone is 2. The molecule has 2 N–H and O–H groups in total. The van der Waals surface area contributed by atoms with Crippen LogP contribution in [0.5, 0.6) is 0 Å². The van der Waals surface area contributed by atoms with Gasteiger partial charge in [0.15, 0.2) is 0 Å². The summed E-state index contributed by atoms with van der Waals surface area (Å²) in [5, 5.41) is 20.6. The molecule has 3 saturated carbocycles. The van der Waals surface area contributed by atoms with E-state index in [1.807, 2.05) is 13.0 Å². The Morgan fingerprint density at radius 2 is 1.90 bits per heavy atom. The zero-order valence-corrected chi connectivity index (χ0v) is 12.4. The van der Waals surface area contributed by atoms with Gasteiger partial charge in [0.2, 0.25) is 0 Å².